The number of nitrogens with zero attached hydrogens (tertiary/aromatic N) is 1. The molecule has 0 unspecified atom stereocenters. The number of aliphatic imine (C=N–C) groups is 1. The Bertz CT molecular complexity index is 305. The molecule has 1 aromatic rings. The fraction of sp³-hybridized carbons (Fsp3) is 0.222. The van der Waals surface area contributed by atoms with Gasteiger partial charge in [0.1, 0.15) is 11.4 Å². The minimum absolute atomic E-state index is 0.0344. The third-order valence-corrected chi connectivity index (χ3v) is 1.41. The third-order valence-electron chi connectivity index (χ3n) is 1.41. The lowest BCUT2D eigenvalue weighted by atomic mass is 10.3. The Morgan fingerprint density at radius 3 is 2.69 bits per heavy atom. The van der Waals surface area contributed by atoms with Crippen molar-refractivity contribution in [2.75, 3.05) is 6.61 Å². The molecule has 0 aliphatic carbocycles. The van der Waals surface area contributed by atoms with Gasteiger partial charge in [0.05, 0.1) is 6.61 Å². The normalized spacial score (nSPS) is 9.31. The van der Waals surface area contributed by atoms with E-state index in [1.165, 1.54) is 0 Å². The van der Waals surface area contributed by atoms with Gasteiger partial charge in [0.2, 0.25) is 0 Å². The van der Waals surface area contributed by atoms with Crippen LogP contribution in [-0.4, -0.2) is 12.6 Å². The van der Waals surface area contributed by atoms with E-state index in [2.05, 4.69) is 4.99 Å². The molecule has 0 amide bonds. The molecule has 0 radical (unpaired) electrons. The second-order valence-corrected chi connectivity index (χ2v) is 2.44. The van der Waals surface area contributed by atoms with Gasteiger partial charge in [0.15, 0.2) is 5.96 Å². The summed E-state index contributed by atoms with van der Waals surface area (Å²) in [6.45, 7) is 2.50. The second-order valence-electron chi connectivity index (χ2n) is 2.44. The molecule has 0 fully saturated rings. The van der Waals surface area contributed by atoms with Crippen LogP contribution in [0.15, 0.2) is 29.3 Å². The molecule has 0 bridgehead atoms. The van der Waals surface area contributed by atoms with Crippen LogP contribution in [0.1, 0.15) is 6.92 Å². The first-order chi connectivity index (χ1) is 6.24. The van der Waals surface area contributed by atoms with Gasteiger partial charge in [0, 0.05) is 0 Å². The summed E-state index contributed by atoms with van der Waals surface area (Å²) in [5, 5.41) is 0. The van der Waals surface area contributed by atoms with Gasteiger partial charge in [0.25, 0.3) is 0 Å². The van der Waals surface area contributed by atoms with Crippen LogP contribution in [-0.2, 0) is 0 Å². The van der Waals surface area contributed by atoms with E-state index >= 15 is 0 Å². The molecule has 4 nitrogen and oxygen atoms in total. The first-order valence-corrected chi connectivity index (χ1v) is 4.05. The van der Waals surface area contributed by atoms with Crippen molar-refractivity contribution in [2.24, 2.45) is 16.5 Å². The number of benzene rings is 1. The molecule has 1 aromatic carbocycles. The predicted octanol–water partition coefficient (Wildman–Crippen LogP) is 0.990. The summed E-state index contributed by atoms with van der Waals surface area (Å²) in [5.74, 6) is 0.727. The third kappa shape index (κ3) is 2.66. The zero-order chi connectivity index (χ0) is 9.68. The van der Waals surface area contributed by atoms with Crippen LogP contribution in [0.5, 0.6) is 5.75 Å². The highest BCUT2D eigenvalue weighted by atomic mass is 16.5. The van der Waals surface area contributed by atoms with Gasteiger partial charge in [-0.3, -0.25) is 0 Å². The number of hydrogen-bond donors (Lipinski definition) is 2. The highest BCUT2D eigenvalue weighted by molar-refractivity contribution is 5.80. The average molecular weight is 179 g/mol. The zero-order valence-corrected chi connectivity index (χ0v) is 7.53. The molecular weight excluding hydrogens is 166 g/mol. The molecule has 0 spiro atoms. The Kier molecular flexibility index (Phi) is 3.14. The van der Waals surface area contributed by atoms with E-state index in [4.69, 9.17) is 16.2 Å². The molecule has 0 saturated carbocycles. The van der Waals surface area contributed by atoms with Crippen LogP contribution in [0.3, 0.4) is 0 Å². The number of rotatable bonds is 3. The minimum Gasteiger partial charge on any atom is -0.492 e. The van der Waals surface area contributed by atoms with Crippen LogP contribution in [0.2, 0.25) is 0 Å². The van der Waals surface area contributed by atoms with Crippen molar-refractivity contribution >= 4 is 11.6 Å². The van der Waals surface area contributed by atoms with E-state index < -0.39 is 0 Å². The van der Waals surface area contributed by atoms with Crippen molar-refractivity contribution in [1.29, 1.82) is 0 Å². The summed E-state index contributed by atoms with van der Waals surface area (Å²) >= 11 is 0. The zero-order valence-electron chi connectivity index (χ0n) is 7.53. The minimum atomic E-state index is 0.0344. The standard InChI is InChI=1S/C9H13N3O/c1-2-13-8-6-4-3-5-7(8)12-9(10)11/h3-6H,2H2,1H3,(H4,10,11,12). The predicted molar refractivity (Wildman–Crippen MR) is 53.1 cm³/mol. The molecule has 0 aliphatic heterocycles. The van der Waals surface area contributed by atoms with Gasteiger partial charge in [-0.15, -0.1) is 0 Å². The van der Waals surface area contributed by atoms with Crippen LogP contribution in [0.25, 0.3) is 0 Å². The lowest BCUT2D eigenvalue weighted by Gasteiger charge is -2.05. The molecule has 0 heterocycles. The van der Waals surface area contributed by atoms with Crippen molar-refractivity contribution in [3.63, 3.8) is 0 Å². The number of nitrogens with two attached hydrogens (primary N) is 2. The summed E-state index contributed by atoms with van der Waals surface area (Å²) in [6, 6.07) is 7.34. The summed E-state index contributed by atoms with van der Waals surface area (Å²) in [7, 11) is 0. The van der Waals surface area contributed by atoms with Gasteiger partial charge in [-0.2, -0.15) is 0 Å². The summed E-state index contributed by atoms with van der Waals surface area (Å²) in [4.78, 5) is 3.93. The molecule has 0 saturated heterocycles. The van der Waals surface area contributed by atoms with E-state index in [1.807, 2.05) is 25.1 Å². The van der Waals surface area contributed by atoms with Crippen molar-refractivity contribution in [2.45, 2.75) is 6.92 Å². The van der Waals surface area contributed by atoms with Crippen molar-refractivity contribution in [3.8, 4) is 5.75 Å². The fourth-order valence-corrected chi connectivity index (χ4v) is 0.966. The number of hydrogen-bond acceptors (Lipinski definition) is 2. The lowest BCUT2D eigenvalue weighted by Crippen LogP contribution is -2.21. The monoisotopic (exact) mass is 179 g/mol. The Balaban J connectivity index is 2.97. The maximum atomic E-state index is 5.32. The summed E-state index contributed by atoms with van der Waals surface area (Å²) in [5.41, 5.74) is 11.2. The van der Waals surface area contributed by atoms with Crippen LogP contribution in [0.4, 0.5) is 5.69 Å². The maximum Gasteiger partial charge on any atom is 0.191 e. The molecule has 13 heavy (non-hydrogen) atoms. The molecule has 1 rings (SSSR count). The van der Waals surface area contributed by atoms with E-state index in [-0.39, 0.29) is 5.96 Å². The highest BCUT2D eigenvalue weighted by Crippen LogP contribution is 2.26. The van der Waals surface area contributed by atoms with E-state index in [0.717, 1.165) is 0 Å². The Morgan fingerprint density at radius 2 is 2.08 bits per heavy atom. The average Bonchev–Trinajstić information content (AvgIpc) is 2.08. The van der Waals surface area contributed by atoms with Crippen LogP contribution in [0, 0.1) is 0 Å². The quantitative estimate of drug-likeness (QED) is 0.536. The van der Waals surface area contributed by atoms with Crippen molar-refractivity contribution in [1.82, 2.24) is 0 Å². The van der Waals surface area contributed by atoms with E-state index in [9.17, 15) is 0 Å². The first kappa shape index (κ1) is 9.38. The van der Waals surface area contributed by atoms with E-state index in [0.29, 0.717) is 18.0 Å². The fourth-order valence-electron chi connectivity index (χ4n) is 0.966. The van der Waals surface area contributed by atoms with Gasteiger partial charge >= 0.3 is 0 Å². The molecule has 4 N–H and O–H groups in total. The molecule has 70 valence electrons. The smallest absolute Gasteiger partial charge is 0.191 e. The Labute approximate surface area is 77.2 Å². The highest BCUT2D eigenvalue weighted by Gasteiger charge is 1.99. The maximum absolute atomic E-state index is 5.32. The molecule has 0 atom stereocenters. The van der Waals surface area contributed by atoms with E-state index in [1.54, 1.807) is 6.07 Å². The largest absolute Gasteiger partial charge is 0.492 e. The van der Waals surface area contributed by atoms with Gasteiger partial charge in [-0.05, 0) is 19.1 Å². The topological polar surface area (TPSA) is 73.6 Å². The number of ether oxygens (including phenoxy) is 1. The summed E-state index contributed by atoms with van der Waals surface area (Å²) in [6.07, 6.45) is 0. The molecule has 0 aliphatic rings. The van der Waals surface area contributed by atoms with Crippen LogP contribution < -0.4 is 16.2 Å². The van der Waals surface area contributed by atoms with Crippen molar-refractivity contribution < 1.29 is 4.74 Å². The van der Waals surface area contributed by atoms with Gasteiger partial charge in [-0.1, -0.05) is 12.1 Å². The second kappa shape index (κ2) is 4.35. The lowest BCUT2D eigenvalue weighted by molar-refractivity contribution is 0.341. The Hall–Kier alpha value is -1.71. The Morgan fingerprint density at radius 1 is 1.38 bits per heavy atom. The first-order valence-electron chi connectivity index (χ1n) is 4.05. The molecule has 4 heteroatoms. The number of para-hydroxylation sites is 2. The van der Waals surface area contributed by atoms with Gasteiger partial charge < -0.3 is 16.2 Å². The molecule has 0 aromatic heterocycles. The van der Waals surface area contributed by atoms with Crippen molar-refractivity contribution in [3.05, 3.63) is 24.3 Å². The number of guanidine groups is 1. The van der Waals surface area contributed by atoms with Crippen LogP contribution >= 0.6 is 0 Å². The SMILES string of the molecule is CCOc1ccccc1N=C(N)N. The van der Waals surface area contributed by atoms with Gasteiger partial charge in [-0.25, -0.2) is 4.99 Å². The summed E-state index contributed by atoms with van der Waals surface area (Å²) < 4.78 is 5.32. The molecular formula is C9H13N3O.